The van der Waals surface area contributed by atoms with Gasteiger partial charge in [-0.1, -0.05) is 0 Å². The molecule has 0 unspecified atom stereocenters. The molecule has 5 heteroatoms. The van der Waals surface area contributed by atoms with Crippen LogP contribution in [0.15, 0.2) is 18.3 Å². The zero-order chi connectivity index (χ0) is 14.1. The Morgan fingerprint density at radius 2 is 2.20 bits per heavy atom. The van der Waals surface area contributed by atoms with E-state index in [1.807, 2.05) is 19.1 Å². The standard InChI is InChI=1S/C15H19FN4/c1-10-2-3-14-15(19-10)12(13(16)7-18-14)4-5-20-8-11(6-17)9-20/h2-3,7,11H,4-6,8-9,17H2,1H3. The minimum atomic E-state index is -0.258. The molecule has 0 atom stereocenters. The molecule has 0 saturated carbocycles. The molecule has 1 aliphatic heterocycles. The molecule has 1 saturated heterocycles. The average molecular weight is 274 g/mol. The van der Waals surface area contributed by atoms with Crippen molar-refractivity contribution in [2.75, 3.05) is 26.2 Å². The first-order valence-electron chi connectivity index (χ1n) is 7.00. The lowest BCUT2D eigenvalue weighted by molar-refractivity contribution is 0.108. The lowest BCUT2D eigenvalue weighted by atomic mass is 9.99. The Hall–Kier alpha value is -1.59. The molecule has 0 aromatic carbocycles. The second-order valence-corrected chi connectivity index (χ2v) is 5.52. The smallest absolute Gasteiger partial charge is 0.146 e. The number of aryl methyl sites for hydroxylation is 1. The summed E-state index contributed by atoms with van der Waals surface area (Å²) in [6.07, 6.45) is 1.96. The van der Waals surface area contributed by atoms with E-state index in [9.17, 15) is 4.39 Å². The summed E-state index contributed by atoms with van der Waals surface area (Å²) >= 11 is 0. The number of hydrogen-bond donors (Lipinski definition) is 1. The molecule has 3 heterocycles. The van der Waals surface area contributed by atoms with Crippen LogP contribution in [0.5, 0.6) is 0 Å². The molecule has 20 heavy (non-hydrogen) atoms. The molecule has 0 amide bonds. The molecule has 2 aromatic heterocycles. The van der Waals surface area contributed by atoms with Crippen LogP contribution in [-0.4, -0.2) is 41.0 Å². The van der Waals surface area contributed by atoms with Gasteiger partial charge in [0.1, 0.15) is 5.82 Å². The fraction of sp³-hybridized carbons (Fsp3) is 0.467. The molecule has 0 radical (unpaired) electrons. The third-order valence-corrected chi connectivity index (χ3v) is 3.95. The molecule has 4 nitrogen and oxygen atoms in total. The van der Waals surface area contributed by atoms with Crippen LogP contribution in [0, 0.1) is 18.7 Å². The summed E-state index contributed by atoms with van der Waals surface area (Å²) in [6.45, 7) is 5.54. The molecular formula is C15H19FN4. The average Bonchev–Trinajstić information content (AvgIpc) is 2.39. The van der Waals surface area contributed by atoms with Crippen LogP contribution >= 0.6 is 0 Å². The van der Waals surface area contributed by atoms with Gasteiger partial charge in [-0.05, 0) is 37.9 Å². The highest BCUT2D eigenvalue weighted by Gasteiger charge is 2.25. The van der Waals surface area contributed by atoms with E-state index in [1.165, 1.54) is 6.20 Å². The number of nitrogens with two attached hydrogens (primary N) is 1. The van der Waals surface area contributed by atoms with Crippen molar-refractivity contribution in [2.24, 2.45) is 11.7 Å². The molecule has 0 spiro atoms. The van der Waals surface area contributed by atoms with Crippen molar-refractivity contribution in [1.29, 1.82) is 0 Å². The van der Waals surface area contributed by atoms with Crippen molar-refractivity contribution < 1.29 is 4.39 Å². The summed E-state index contributed by atoms with van der Waals surface area (Å²) in [5.41, 5.74) is 8.63. The van der Waals surface area contributed by atoms with Gasteiger partial charge in [-0.2, -0.15) is 0 Å². The predicted octanol–water partition coefficient (Wildman–Crippen LogP) is 1.51. The molecule has 2 N–H and O–H groups in total. The van der Waals surface area contributed by atoms with Crippen molar-refractivity contribution in [3.05, 3.63) is 35.4 Å². The monoisotopic (exact) mass is 274 g/mol. The van der Waals surface area contributed by atoms with Crippen LogP contribution in [0.25, 0.3) is 11.0 Å². The molecule has 1 aliphatic rings. The molecular weight excluding hydrogens is 255 g/mol. The van der Waals surface area contributed by atoms with E-state index >= 15 is 0 Å². The number of fused-ring (bicyclic) bond motifs is 1. The lowest BCUT2D eigenvalue weighted by Crippen LogP contribution is -2.50. The zero-order valence-corrected chi connectivity index (χ0v) is 11.6. The zero-order valence-electron chi connectivity index (χ0n) is 11.6. The van der Waals surface area contributed by atoms with Gasteiger partial charge >= 0.3 is 0 Å². The first-order valence-corrected chi connectivity index (χ1v) is 7.00. The number of rotatable bonds is 4. The van der Waals surface area contributed by atoms with E-state index in [2.05, 4.69) is 14.9 Å². The normalized spacial score (nSPS) is 16.6. The number of nitrogens with zero attached hydrogens (tertiary/aromatic N) is 3. The van der Waals surface area contributed by atoms with Gasteiger partial charge in [0.15, 0.2) is 0 Å². The number of aromatic nitrogens is 2. The Bertz CT molecular complexity index is 617. The Labute approximate surface area is 117 Å². The van der Waals surface area contributed by atoms with E-state index < -0.39 is 0 Å². The molecule has 106 valence electrons. The van der Waals surface area contributed by atoms with Crippen LogP contribution in [0.4, 0.5) is 4.39 Å². The highest BCUT2D eigenvalue weighted by atomic mass is 19.1. The van der Waals surface area contributed by atoms with E-state index in [4.69, 9.17) is 5.73 Å². The maximum atomic E-state index is 14.0. The van der Waals surface area contributed by atoms with Gasteiger partial charge in [0.2, 0.25) is 0 Å². The maximum Gasteiger partial charge on any atom is 0.146 e. The van der Waals surface area contributed by atoms with Gasteiger partial charge in [-0.3, -0.25) is 9.97 Å². The highest BCUT2D eigenvalue weighted by Crippen LogP contribution is 2.21. The predicted molar refractivity (Wildman–Crippen MR) is 76.9 cm³/mol. The van der Waals surface area contributed by atoms with Crippen LogP contribution in [0.1, 0.15) is 11.3 Å². The van der Waals surface area contributed by atoms with Crippen LogP contribution in [0.3, 0.4) is 0 Å². The fourth-order valence-electron chi connectivity index (χ4n) is 2.71. The van der Waals surface area contributed by atoms with E-state index in [0.717, 1.165) is 37.4 Å². The Morgan fingerprint density at radius 3 is 2.95 bits per heavy atom. The number of halogens is 1. The lowest BCUT2D eigenvalue weighted by Gasteiger charge is -2.38. The SMILES string of the molecule is Cc1ccc2ncc(F)c(CCN3CC(CN)C3)c2n1. The van der Waals surface area contributed by atoms with E-state index in [0.29, 0.717) is 23.4 Å². The van der Waals surface area contributed by atoms with Crippen LogP contribution in [-0.2, 0) is 6.42 Å². The Morgan fingerprint density at radius 1 is 1.40 bits per heavy atom. The molecule has 1 fully saturated rings. The second-order valence-electron chi connectivity index (χ2n) is 5.52. The summed E-state index contributed by atoms with van der Waals surface area (Å²) in [6, 6.07) is 3.80. The van der Waals surface area contributed by atoms with Crippen molar-refractivity contribution >= 4 is 11.0 Å². The second kappa shape index (κ2) is 5.42. The third-order valence-electron chi connectivity index (χ3n) is 3.95. The largest absolute Gasteiger partial charge is 0.330 e. The van der Waals surface area contributed by atoms with Crippen molar-refractivity contribution in [3.63, 3.8) is 0 Å². The number of hydrogen-bond acceptors (Lipinski definition) is 4. The van der Waals surface area contributed by atoms with Crippen molar-refractivity contribution in [2.45, 2.75) is 13.3 Å². The van der Waals surface area contributed by atoms with Gasteiger partial charge in [0.05, 0.1) is 17.2 Å². The summed E-state index contributed by atoms with van der Waals surface area (Å²) in [4.78, 5) is 10.9. The first-order chi connectivity index (χ1) is 9.67. The van der Waals surface area contributed by atoms with Gasteiger partial charge in [-0.25, -0.2) is 4.39 Å². The molecule has 0 bridgehead atoms. The minimum Gasteiger partial charge on any atom is -0.330 e. The van der Waals surface area contributed by atoms with Crippen molar-refractivity contribution in [3.8, 4) is 0 Å². The minimum absolute atomic E-state index is 0.258. The summed E-state index contributed by atoms with van der Waals surface area (Å²) in [7, 11) is 0. The van der Waals surface area contributed by atoms with Crippen molar-refractivity contribution in [1.82, 2.24) is 14.9 Å². The van der Waals surface area contributed by atoms with E-state index in [1.54, 1.807) is 0 Å². The van der Waals surface area contributed by atoms with Gasteiger partial charge < -0.3 is 10.6 Å². The Balaban J connectivity index is 1.79. The van der Waals surface area contributed by atoms with E-state index in [-0.39, 0.29) is 5.82 Å². The third kappa shape index (κ3) is 2.51. The Kier molecular flexibility index (Phi) is 3.63. The quantitative estimate of drug-likeness (QED) is 0.918. The van der Waals surface area contributed by atoms with Gasteiger partial charge in [0, 0.05) is 30.9 Å². The van der Waals surface area contributed by atoms with Gasteiger partial charge in [-0.15, -0.1) is 0 Å². The highest BCUT2D eigenvalue weighted by molar-refractivity contribution is 5.77. The van der Waals surface area contributed by atoms with Crippen LogP contribution < -0.4 is 5.73 Å². The van der Waals surface area contributed by atoms with Crippen LogP contribution in [0.2, 0.25) is 0 Å². The number of likely N-dealkylation sites (tertiary alicyclic amines) is 1. The summed E-state index contributed by atoms with van der Waals surface area (Å²) in [5.74, 6) is 0.348. The summed E-state index contributed by atoms with van der Waals surface area (Å²) < 4.78 is 14.0. The topological polar surface area (TPSA) is 55.0 Å². The fourth-order valence-corrected chi connectivity index (χ4v) is 2.71. The maximum absolute atomic E-state index is 14.0. The molecule has 0 aliphatic carbocycles. The molecule has 2 aromatic rings. The first kappa shape index (κ1) is 13.4. The number of pyridine rings is 2. The summed E-state index contributed by atoms with van der Waals surface area (Å²) in [5, 5.41) is 0. The molecule has 3 rings (SSSR count). The van der Waals surface area contributed by atoms with Gasteiger partial charge in [0.25, 0.3) is 0 Å².